The van der Waals surface area contributed by atoms with Crippen LogP contribution in [-0.2, 0) is 0 Å². The first-order valence-electron chi connectivity index (χ1n) is 3.83. The molecule has 0 heterocycles. The highest BCUT2D eigenvalue weighted by atomic mass is 16.3. The van der Waals surface area contributed by atoms with Crippen LogP contribution in [0.1, 0.15) is 40.5 Å². The third-order valence-electron chi connectivity index (χ3n) is 1.01. The molecule has 1 N–H and O–H groups in total. The van der Waals surface area contributed by atoms with Gasteiger partial charge >= 0.3 is 0 Å². The first-order chi connectivity index (χ1) is 4.22. The highest BCUT2D eigenvalue weighted by Crippen LogP contribution is 1.95. The zero-order valence-corrected chi connectivity index (χ0v) is 7.15. The van der Waals surface area contributed by atoms with Gasteiger partial charge in [-0.3, -0.25) is 0 Å². The molecule has 0 radical (unpaired) electrons. The fourth-order valence-corrected chi connectivity index (χ4v) is 0.129. The minimum Gasteiger partial charge on any atom is -0.396 e. The number of aliphatic hydroxyl groups excluding tert-OH is 1. The molecule has 9 heavy (non-hydrogen) atoms. The molecule has 0 aliphatic carbocycles. The van der Waals surface area contributed by atoms with E-state index < -0.39 is 0 Å². The lowest BCUT2D eigenvalue weighted by molar-refractivity contribution is 0.234. The Morgan fingerprint density at radius 1 is 1.22 bits per heavy atom. The van der Waals surface area contributed by atoms with Crippen molar-refractivity contribution in [3.8, 4) is 0 Å². The van der Waals surface area contributed by atoms with Crippen molar-refractivity contribution >= 4 is 0 Å². The molecule has 0 aromatic heterocycles. The average molecular weight is 132 g/mol. The molecule has 0 spiro atoms. The van der Waals surface area contributed by atoms with E-state index in [2.05, 4.69) is 20.8 Å². The van der Waals surface area contributed by atoms with E-state index in [-0.39, 0.29) is 0 Å². The molecule has 0 saturated heterocycles. The van der Waals surface area contributed by atoms with Crippen molar-refractivity contribution in [2.45, 2.75) is 40.5 Å². The molecule has 0 amide bonds. The minimum atomic E-state index is 0.330. The number of hydrogen-bond acceptors (Lipinski definition) is 1. The summed E-state index contributed by atoms with van der Waals surface area (Å²) >= 11 is 0. The first kappa shape index (κ1) is 11.7. The topological polar surface area (TPSA) is 20.2 Å². The predicted octanol–water partition coefficient (Wildman–Crippen LogP) is 2.44. The summed E-state index contributed by atoms with van der Waals surface area (Å²) in [5, 5.41) is 8.33. The Kier molecular flexibility index (Phi) is 14.1. The smallest absolute Gasteiger partial charge is 0.0456 e. The Morgan fingerprint density at radius 3 is 1.56 bits per heavy atom. The van der Waals surface area contributed by atoms with Gasteiger partial charge in [-0.05, 0) is 5.92 Å². The van der Waals surface area contributed by atoms with E-state index in [0.717, 1.165) is 6.42 Å². The van der Waals surface area contributed by atoms with E-state index >= 15 is 0 Å². The second-order valence-corrected chi connectivity index (χ2v) is 2.40. The van der Waals surface area contributed by atoms with Crippen LogP contribution in [0.4, 0.5) is 0 Å². The molecular weight excluding hydrogens is 112 g/mol. The molecule has 0 rings (SSSR count). The average Bonchev–Trinajstić information content (AvgIpc) is 1.88. The zero-order chi connectivity index (χ0) is 7.70. The van der Waals surface area contributed by atoms with Gasteiger partial charge in [0.15, 0.2) is 0 Å². The highest BCUT2D eigenvalue weighted by molar-refractivity contribution is 4.41. The van der Waals surface area contributed by atoms with Crippen molar-refractivity contribution in [3.05, 3.63) is 0 Å². The van der Waals surface area contributed by atoms with E-state index in [1.807, 2.05) is 6.92 Å². The van der Waals surface area contributed by atoms with Crippen molar-refractivity contribution in [2.24, 2.45) is 5.92 Å². The van der Waals surface area contributed by atoms with E-state index in [9.17, 15) is 0 Å². The summed E-state index contributed by atoms with van der Waals surface area (Å²) < 4.78 is 0. The predicted molar refractivity (Wildman–Crippen MR) is 42.5 cm³/mol. The van der Waals surface area contributed by atoms with Crippen LogP contribution in [0.15, 0.2) is 0 Å². The van der Waals surface area contributed by atoms with E-state index in [1.165, 1.54) is 6.42 Å². The number of rotatable bonds is 2. The van der Waals surface area contributed by atoms with Crippen molar-refractivity contribution in [3.63, 3.8) is 0 Å². The van der Waals surface area contributed by atoms with Crippen LogP contribution in [0, 0.1) is 5.92 Å². The molecule has 0 aromatic rings. The molecule has 58 valence electrons. The van der Waals surface area contributed by atoms with Crippen molar-refractivity contribution < 1.29 is 5.11 Å². The summed E-state index contributed by atoms with van der Waals surface area (Å²) in [6, 6.07) is 0. The summed E-state index contributed by atoms with van der Waals surface area (Å²) in [4.78, 5) is 0. The van der Waals surface area contributed by atoms with Crippen LogP contribution in [0.5, 0.6) is 0 Å². The van der Waals surface area contributed by atoms with E-state index in [0.29, 0.717) is 12.5 Å². The van der Waals surface area contributed by atoms with Crippen LogP contribution in [0.2, 0.25) is 0 Å². The molecule has 1 heteroatoms. The Bertz CT molecular complexity index is 31.5. The Morgan fingerprint density at radius 2 is 1.56 bits per heavy atom. The van der Waals surface area contributed by atoms with E-state index in [1.54, 1.807) is 0 Å². The van der Waals surface area contributed by atoms with Gasteiger partial charge in [-0.15, -0.1) is 0 Å². The molecular formula is C8H20O. The summed E-state index contributed by atoms with van der Waals surface area (Å²) in [7, 11) is 0. The lowest BCUT2D eigenvalue weighted by atomic mass is 10.1. The zero-order valence-electron chi connectivity index (χ0n) is 7.15. The Labute approximate surface area is 59.1 Å². The monoisotopic (exact) mass is 132 g/mol. The fourth-order valence-electron chi connectivity index (χ4n) is 0.129. The normalized spacial score (nSPS) is 11.7. The quantitative estimate of drug-likeness (QED) is 0.612. The summed E-state index contributed by atoms with van der Waals surface area (Å²) in [5.41, 5.74) is 0. The third-order valence-corrected chi connectivity index (χ3v) is 1.01. The summed E-state index contributed by atoms with van der Waals surface area (Å²) in [6.45, 7) is 8.68. The number of hydrogen-bond donors (Lipinski definition) is 1. The van der Waals surface area contributed by atoms with Gasteiger partial charge in [-0.25, -0.2) is 0 Å². The first-order valence-corrected chi connectivity index (χ1v) is 3.83. The van der Waals surface area contributed by atoms with Gasteiger partial charge in [0.1, 0.15) is 0 Å². The molecule has 0 bridgehead atoms. The maximum absolute atomic E-state index is 8.33. The van der Waals surface area contributed by atoms with Gasteiger partial charge in [-0.1, -0.05) is 40.5 Å². The molecule has 1 atom stereocenters. The van der Waals surface area contributed by atoms with Crippen molar-refractivity contribution in [1.82, 2.24) is 0 Å². The summed E-state index contributed by atoms with van der Waals surface area (Å²) in [5.74, 6) is 0.491. The maximum atomic E-state index is 8.33. The van der Waals surface area contributed by atoms with Crippen LogP contribution in [0.3, 0.4) is 0 Å². The van der Waals surface area contributed by atoms with Crippen LogP contribution < -0.4 is 0 Å². The SMILES string of the molecule is CCC.CCC(C)CO. The van der Waals surface area contributed by atoms with Gasteiger partial charge in [0.05, 0.1) is 0 Å². The van der Waals surface area contributed by atoms with Crippen LogP contribution in [0.25, 0.3) is 0 Å². The van der Waals surface area contributed by atoms with Crippen molar-refractivity contribution in [1.29, 1.82) is 0 Å². The van der Waals surface area contributed by atoms with E-state index in [4.69, 9.17) is 5.11 Å². The van der Waals surface area contributed by atoms with Gasteiger partial charge in [0, 0.05) is 6.61 Å². The third kappa shape index (κ3) is 18.0. The molecule has 1 nitrogen and oxygen atoms in total. The molecule has 0 aromatic carbocycles. The molecule has 0 aliphatic rings. The van der Waals surface area contributed by atoms with Crippen molar-refractivity contribution in [2.75, 3.05) is 6.61 Å². The van der Waals surface area contributed by atoms with Gasteiger partial charge in [-0.2, -0.15) is 0 Å². The number of aliphatic hydroxyl groups is 1. The molecule has 0 aliphatic heterocycles. The highest BCUT2D eigenvalue weighted by Gasteiger charge is 1.90. The standard InChI is InChI=1S/C5H12O.C3H8/c1-3-5(2)4-6;1-3-2/h5-6H,3-4H2,1-2H3;3H2,1-2H3. The maximum Gasteiger partial charge on any atom is 0.0456 e. The van der Waals surface area contributed by atoms with Crippen LogP contribution >= 0.6 is 0 Å². The fraction of sp³-hybridized carbons (Fsp3) is 1.00. The van der Waals surface area contributed by atoms with Gasteiger partial charge in [0.2, 0.25) is 0 Å². The minimum absolute atomic E-state index is 0.330. The molecule has 0 saturated carbocycles. The Hall–Kier alpha value is -0.0400. The molecule has 1 unspecified atom stereocenters. The Balaban J connectivity index is 0. The van der Waals surface area contributed by atoms with Gasteiger partial charge < -0.3 is 5.11 Å². The lowest BCUT2D eigenvalue weighted by Gasteiger charge is -1.98. The van der Waals surface area contributed by atoms with Crippen LogP contribution in [-0.4, -0.2) is 11.7 Å². The largest absolute Gasteiger partial charge is 0.396 e. The van der Waals surface area contributed by atoms with Gasteiger partial charge in [0.25, 0.3) is 0 Å². The lowest BCUT2D eigenvalue weighted by Crippen LogP contribution is -1.96. The molecule has 0 fully saturated rings. The summed E-state index contributed by atoms with van der Waals surface area (Å²) in [6.07, 6.45) is 2.33. The second kappa shape index (κ2) is 10.9. The second-order valence-electron chi connectivity index (χ2n) is 2.40.